The first-order chi connectivity index (χ1) is 7.31. The van der Waals surface area contributed by atoms with E-state index in [1.54, 1.807) is 15.8 Å². The van der Waals surface area contributed by atoms with Crippen LogP contribution in [0.3, 0.4) is 0 Å². The van der Waals surface area contributed by atoms with E-state index in [1.165, 1.54) is 11.3 Å². The Balaban J connectivity index is 1.96. The Morgan fingerprint density at radius 2 is 2.60 bits per heavy atom. The molecule has 0 aliphatic carbocycles. The first kappa shape index (κ1) is 10.1. The first-order valence-electron chi connectivity index (χ1n) is 4.68. The van der Waals surface area contributed by atoms with Crippen LogP contribution < -0.4 is 5.32 Å². The molecular weight excluding hydrogens is 214 g/mol. The van der Waals surface area contributed by atoms with E-state index in [0.717, 1.165) is 6.42 Å². The number of likely N-dealkylation sites (tertiary alicyclic amines) is 1. The molecule has 1 saturated heterocycles. The van der Waals surface area contributed by atoms with Gasteiger partial charge in [-0.1, -0.05) is 0 Å². The lowest BCUT2D eigenvalue weighted by atomic mass is 10.3. The minimum Gasteiger partial charge on any atom is -0.354 e. The fourth-order valence-corrected chi connectivity index (χ4v) is 2.18. The molecule has 2 rings (SSSR count). The lowest BCUT2D eigenvalue weighted by Gasteiger charge is -2.14. The Labute approximate surface area is 91.1 Å². The van der Waals surface area contributed by atoms with Crippen LogP contribution in [0.15, 0.2) is 10.9 Å². The number of thiazole rings is 1. The summed E-state index contributed by atoms with van der Waals surface area (Å²) in [5, 5.41) is 4.42. The third kappa shape index (κ3) is 2.15. The number of nitrogens with one attached hydrogen (secondary N) is 1. The molecule has 1 N–H and O–H groups in total. The summed E-state index contributed by atoms with van der Waals surface area (Å²) in [7, 11) is 0. The molecular formula is C9H11N3O2S. The normalized spacial score (nSPS) is 20.3. The van der Waals surface area contributed by atoms with Crippen molar-refractivity contribution in [3.05, 3.63) is 16.6 Å². The van der Waals surface area contributed by atoms with Crippen molar-refractivity contribution in [2.45, 2.75) is 12.5 Å². The molecule has 0 unspecified atom stereocenters. The Morgan fingerprint density at radius 3 is 3.27 bits per heavy atom. The summed E-state index contributed by atoms with van der Waals surface area (Å²) in [5.41, 5.74) is 2.14. The van der Waals surface area contributed by atoms with Gasteiger partial charge in [0, 0.05) is 24.5 Å². The maximum absolute atomic E-state index is 11.8. The van der Waals surface area contributed by atoms with Crippen molar-refractivity contribution >= 4 is 23.7 Å². The summed E-state index contributed by atoms with van der Waals surface area (Å²) in [4.78, 5) is 27.7. The van der Waals surface area contributed by atoms with Crippen LogP contribution in [0.1, 0.15) is 16.9 Å². The van der Waals surface area contributed by atoms with Gasteiger partial charge in [0.15, 0.2) is 0 Å². The zero-order chi connectivity index (χ0) is 10.7. The van der Waals surface area contributed by atoms with Gasteiger partial charge in [0.1, 0.15) is 5.69 Å². The van der Waals surface area contributed by atoms with Gasteiger partial charge in [-0.05, 0) is 6.42 Å². The SMILES string of the molecule is O=CN[C@H]1CCN(C(=O)c2cscn2)C1. The summed E-state index contributed by atoms with van der Waals surface area (Å²) in [6.07, 6.45) is 1.50. The first-order valence-corrected chi connectivity index (χ1v) is 5.62. The molecule has 2 amide bonds. The second-order valence-electron chi connectivity index (χ2n) is 3.39. The second-order valence-corrected chi connectivity index (χ2v) is 4.11. The number of hydrogen-bond donors (Lipinski definition) is 1. The van der Waals surface area contributed by atoms with Crippen molar-refractivity contribution in [2.24, 2.45) is 0 Å². The van der Waals surface area contributed by atoms with E-state index in [-0.39, 0.29) is 11.9 Å². The largest absolute Gasteiger partial charge is 0.354 e. The van der Waals surface area contributed by atoms with Crippen LogP contribution in [-0.2, 0) is 4.79 Å². The maximum Gasteiger partial charge on any atom is 0.273 e. The van der Waals surface area contributed by atoms with Gasteiger partial charge in [0.2, 0.25) is 6.41 Å². The predicted molar refractivity (Wildman–Crippen MR) is 55.6 cm³/mol. The van der Waals surface area contributed by atoms with Crippen LogP contribution >= 0.6 is 11.3 Å². The number of hydrogen-bond acceptors (Lipinski definition) is 4. The van der Waals surface area contributed by atoms with Crippen LogP contribution in [0.4, 0.5) is 0 Å². The van der Waals surface area contributed by atoms with E-state index < -0.39 is 0 Å². The quantitative estimate of drug-likeness (QED) is 0.742. The Kier molecular flexibility index (Phi) is 2.96. The van der Waals surface area contributed by atoms with E-state index in [2.05, 4.69) is 10.3 Å². The molecule has 1 aromatic rings. The van der Waals surface area contributed by atoms with Crippen molar-refractivity contribution in [1.82, 2.24) is 15.2 Å². The maximum atomic E-state index is 11.8. The Morgan fingerprint density at radius 1 is 1.73 bits per heavy atom. The van der Waals surface area contributed by atoms with E-state index >= 15 is 0 Å². The molecule has 1 atom stereocenters. The molecule has 1 fully saturated rings. The third-order valence-electron chi connectivity index (χ3n) is 2.43. The fourth-order valence-electron chi connectivity index (χ4n) is 1.66. The van der Waals surface area contributed by atoms with E-state index in [4.69, 9.17) is 0 Å². The number of aromatic nitrogens is 1. The highest BCUT2D eigenvalue weighted by atomic mass is 32.1. The molecule has 1 aliphatic rings. The average Bonchev–Trinajstić information content (AvgIpc) is 2.87. The van der Waals surface area contributed by atoms with Crippen LogP contribution in [0, 0.1) is 0 Å². The molecule has 2 heterocycles. The van der Waals surface area contributed by atoms with E-state index in [1.807, 2.05) is 0 Å². The van der Waals surface area contributed by atoms with Crippen molar-refractivity contribution in [2.75, 3.05) is 13.1 Å². The zero-order valence-corrected chi connectivity index (χ0v) is 8.87. The summed E-state index contributed by atoms with van der Waals surface area (Å²) >= 11 is 1.41. The second kappa shape index (κ2) is 4.39. The van der Waals surface area contributed by atoms with Crippen molar-refractivity contribution in [1.29, 1.82) is 0 Å². The predicted octanol–water partition coefficient (Wildman–Crippen LogP) is 0.104. The van der Waals surface area contributed by atoms with Gasteiger partial charge < -0.3 is 10.2 Å². The number of carbonyl (C=O) groups is 2. The Bertz CT molecular complexity index is 352. The minimum absolute atomic E-state index is 0.0496. The van der Waals surface area contributed by atoms with Crippen LogP contribution in [0.25, 0.3) is 0 Å². The van der Waals surface area contributed by atoms with Crippen LogP contribution in [0.2, 0.25) is 0 Å². The van der Waals surface area contributed by atoms with Gasteiger partial charge in [0.05, 0.1) is 5.51 Å². The third-order valence-corrected chi connectivity index (χ3v) is 3.02. The molecule has 1 aromatic heterocycles. The molecule has 0 aromatic carbocycles. The molecule has 15 heavy (non-hydrogen) atoms. The number of carbonyl (C=O) groups excluding carboxylic acids is 2. The van der Waals surface area contributed by atoms with Gasteiger partial charge in [-0.2, -0.15) is 0 Å². The smallest absolute Gasteiger partial charge is 0.273 e. The summed E-state index contributed by atoms with van der Waals surface area (Å²) < 4.78 is 0. The Hall–Kier alpha value is -1.43. The number of amides is 2. The molecule has 0 radical (unpaired) electrons. The molecule has 0 bridgehead atoms. The highest BCUT2D eigenvalue weighted by Gasteiger charge is 2.27. The zero-order valence-electron chi connectivity index (χ0n) is 8.05. The summed E-state index contributed by atoms with van der Waals surface area (Å²) in [6, 6.07) is 0.0880. The summed E-state index contributed by atoms with van der Waals surface area (Å²) in [6.45, 7) is 1.26. The van der Waals surface area contributed by atoms with Gasteiger partial charge in [-0.3, -0.25) is 9.59 Å². The summed E-state index contributed by atoms with van der Waals surface area (Å²) in [5.74, 6) is -0.0496. The minimum atomic E-state index is -0.0496. The lowest BCUT2D eigenvalue weighted by molar-refractivity contribution is -0.110. The average molecular weight is 225 g/mol. The monoisotopic (exact) mass is 225 g/mol. The van der Waals surface area contributed by atoms with E-state index in [9.17, 15) is 9.59 Å². The number of rotatable bonds is 3. The van der Waals surface area contributed by atoms with Crippen molar-refractivity contribution in [3.63, 3.8) is 0 Å². The molecule has 5 nitrogen and oxygen atoms in total. The highest BCUT2D eigenvalue weighted by Crippen LogP contribution is 2.13. The van der Waals surface area contributed by atoms with Gasteiger partial charge in [0.25, 0.3) is 5.91 Å². The van der Waals surface area contributed by atoms with Gasteiger partial charge >= 0.3 is 0 Å². The van der Waals surface area contributed by atoms with Gasteiger partial charge in [-0.15, -0.1) is 11.3 Å². The van der Waals surface area contributed by atoms with E-state index in [0.29, 0.717) is 25.2 Å². The molecule has 80 valence electrons. The van der Waals surface area contributed by atoms with Crippen molar-refractivity contribution < 1.29 is 9.59 Å². The van der Waals surface area contributed by atoms with Gasteiger partial charge in [-0.25, -0.2) is 4.98 Å². The fraction of sp³-hybridized carbons (Fsp3) is 0.444. The topological polar surface area (TPSA) is 62.3 Å². The van der Waals surface area contributed by atoms with Crippen LogP contribution in [-0.4, -0.2) is 41.3 Å². The number of nitrogens with zero attached hydrogens (tertiary/aromatic N) is 2. The molecule has 1 aliphatic heterocycles. The standard InChI is InChI=1S/C9H11N3O2S/c13-5-10-7-1-2-12(3-7)9(14)8-4-15-6-11-8/h4-7H,1-3H2,(H,10,13)/t7-/m0/s1. The lowest BCUT2D eigenvalue weighted by Crippen LogP contribution is -2.34. The molecule has 0 spiro atoms. The van der Waals surface area contributed by atoms with Crippen molar-refractivity contribution in [3.8, 4) is 0 Å². The molecule has 0 saturated carbocycles. The van der Waals surface area contributed by atoms with Crippen LogP contribution in [0.5, 0.6) is 0 Å². The highest BCUT2D eigenvalue weighted by molar-refractivity contribution is 7.07. The molecule has 6 heteroatoms.